The predicted octanol–water partition coefficient (Wildman–Crippen LogP) is 2.22. The summed E-state index contributed by atoms with van der Waals surface area (Å²) >= 11 is 5.60. The molecule has 108 valence electrons. The topological polar surface area (TPSA) is 78.9 Å². The highest BCUT2D eigenvalue weighted by atomic mass is 35.5. The molecule has 1 aliphatic rings. The van der Waals surface area contributed by atoms with Crippen LogP contribution in [0.5, 0.6) is 0 Å². The summed E-state index contributed by atoms with van der Waals surface area (Å²) in [5.41, 5.74) is 5.66. The van der Waals surface area contributed by atoms with E-state index >= 15 is 0 Å². The number of oxime groups is 1. The number of amidine groups is 1. The fraction of sp³-hybridized carbons (Fsp3) is 0.385. The first-order valence-corrected chi connectivity index (χ1v) is 6.63. The van der Waals surface area contributed by atoms with E-state index in [4.69, 9.17) is 22.5 Å². The number of halogens is 2. The lowest BCUT2D eigenvalue weighted by atomic mass is 10.2. The van der Waals surface area contributed by atoms with Crippen molar-refractivity contribution >= 4 is 23.3 Å². The lowest BCUT2D eigenvalue weighted by molar-refractivity contribution is 0.0747. The molecule has 0 aromatic heterocycles. The Morgan fingerprint density at radius 1 is 1.55 bits per heavy atom. The smallest absolute Gasteiger partial charge is 0.254 e. The number of benzene rings is 1. The minimum Gasteiger partial charge on any atom is -0.409 e. The van der Waals surface area contributed by atoms with E-state index in [9.17, 15) is 9.18 Å². The van der Waals surface area contributed by atoms with E-state index in [0.29, 0.717) is 6.54 Å². The van der Waals surface area contributed by atoms with Crippen molar-refractivity contribution < 1.29 is 14.4 Å². The van der Waals surface area contributed by atoms with Gasteiger partial charge in [0.2, 0.25) is 0 Å². The molecule has 1 aliphatic carbocycles. The Kier molecular flexibility index (Phi) is 4.44. The molecule has 0 unspecified atom stereocenters. The normalized spacial score (nSPS) is 15.2. The van der Waals surface area contributed by atoms with E-state index in [1.165, 1.54) is 12.1 Å². The summed E-state index contributed by atoms with van der Waals surface area (Å²) < 4.78 is 13.4. The van der Waals surface area contributed by atoms with Gasteiger partial charge in [-0.2, -0.15) is 0 Å². The number of carbonyl (C=O) groups excluding carboxylic acids is 1. The minimum atomic E-state index is -0.621. The molecule has 1 saturated carbocycles. The Bertz CT molecular complexity index is 546. The molecule has 20 heavy (non-hydrogen) atoms. The zero-order valence-electron chi connectivity index (χ0n) is 10.7. The van der Waals surface area contributed by atoms with E-state index in [1.807, 2.05) is 0 Å². The number of carbonyl (C=O) groups is 1. The van der Waals surface area contributed by atoms with Crippen molar-refractivity contribution in [3.8, 4) is 0 Å². The third kappa shape index (κ3) is 3.39. The zero-order chi connectivity index (χ0) is 14.7. The molecule has 1 amide bonds. The molecule has 1 fully saturated rings. The quantitative estimate of drug-likeness (QED) is 0.379. The number of hydrogen-bond donors (Lipinski definition) is 2. The van der Waals surface area contributed by atoms with Crippen molar-refractivity contribution in [2.24, 2.45) is 10.9 Å². The number of rotatable bonds is 5. The molecule has 2 rings (SSSR count). The van der Waals surface area contributed by atoms with E-state index in [1.54, 1.807) is 4.90 Å². The van der Waals surface area contributed by atoms with Crippen molar-refractivity contribution in [1.82, 2.24) is 4.90 Å². The molecule has 1 aromatic rings. The average molecular weight is 300 g/mol. The Hall–Kier alpha value is -1.82. The summed E-state index contributed by atoms with van der Waals surface area (Å²) in [6.45, 7) is 0.337. The second-order valence-corrected chi connectivity index (χ2v) is 5.11. The van der Waals surface area contributed by atoms with E-state index in [0.717, 1.165) is 18.9 Å². The maximum absolute atomic E-state index is 13.4. The van der Waals surface area contributed by atoms with Crippen LogP contribution in [0.1, 0.15) is 29.6 Å². The van der Waals surface area contributed by atoms with Crippen LogP contribution < -0.4 is 5.73 Å². The molecular weight excluding hydrogens is 285 g/mol. The molecule has 0 spiro atoms. The summed E-state index contributed by atoms with van der Waals surface area (Å²) in [5.74, 6) is -0.829. The van der Waals surface area contributed by atoms with Gasteiger partial charge in [-0.25, -0.2) is 4.39 Å². The second-order valence-electron chi connectivity index (χ2n) is 4.70. The molecule has 0 heterocycles. The van der Waals surface area contributed by atoms with Crippen molar-refractivity contribution in [2.75, 3.05) is 6.54 Å². The number of nitrogens with two attached hydrogens (primary N) is 1. The summed E-state index contributed by atoms with van der Waals surface area (Å²) in [4.78, 5) is 14.0. The van der Waals surface area contributed by atoms with Crippen LogP contribution in [0, 0.1) is 5.82 Å². The van der Waals surface area contributed by atoms with Gasteiger partial charge in [0.15, 0.2) is 0 Å². The minimum absolute atomic E-state index is 0.0174. The van der Waals surface area contributed by atoms with Crippen LogP contribution in [0.4, 0.5) is 4.39 Å². The summed E-state index contributed by atoms with van der Waals surface area (Å²) in [5, 5.41) is 11.4. The fourth-order valence-electron chi connectivity index (χ4n) is 1.92. The lowest BCUT2D eigenvalue weighted by Gasteiger charge is -2.22. The molecule has 7 heteroatoms. The number of hydrogen-bond acceptors (Lipinski definition) is 3. The average Bonchev–Trinajstić information content (AvgIpc) is 3.26. The van der Waals surface area contributed by atoms with Gasteiger partial charge in [0, 0.05) is 24.6 Å². The van der Waals surface area contributed by atoms with Gasteiger partial charge in [0.1, 0.15) is 11.7 Å². The van der Waals surface area contributed by atoms with Crippen LogP contribution in [-0.2, 0) is 0 Å². The molecule has 0 bridgehead atoms. The molecule has 5 nitrogen and oxygen atoms in total. The first-order valence-electron chi connectivity index (χ1n) is 6.25. The largest absolute Gasteiger partial charge is 0.409 e. The van der Waals surface area contributed by atoms with Crippen molar-refractivity contribution in [2.45, 2.75) is 25.3 Å². The Labute approximate surface area is 120 Å². The molecule has 1 aromatic carbocycles. The fourth-order valence-corrected chi connectivity index (χ4v) is 2.03. The third-order valence-electron chi connectivity index (χ3n) is 3.15. The molecular formula is C13H15ClFN3O2. The second kappa shape index (κ2) is 6.09. The maximum Gasteiger partial charge on any atom is 0.254 e. The van der Waals surface area contributed by atoms with Gasteiger partial charge in [-0.1, -0.05) is 16.8 Å². The van der Waals surface area contributed by atoms with Gasteiger partial charge in [0.05, 0.1) is 5.02 Å². The highest BCUT2D eigenvalue weighted by molar-refractivity contribution is 6.30. The molecule has 3 N–H and O–H groups in total. The van der Waals surface area contributed by atoms with E-state index in [-0.39, 0.29) is 34.8 Å². The zero-order valence-corrected chi connectivity index (χ0v) is 11.5. The van der Waals surface area contributed by atoms with Crippen molar-refractivity contribution in [3.05, 3.63) is 34.6 Å². The molecule has 0 aliphatic heterocycles. The monoisotopic (exact) mass is 299 g/mol. The number of nitrogens with zero attached hydrogens (tertiary/aromatic N) is 2. The lowest BCUT2D eigenvalue weighted by Crippen LogP contribution is -2.36. The third-order valence-corrected chi connectivity index (χ3v) is 3.46. The SMILES string of the molecule is N/C(CCN(C(=O)c1ccc(Cl)c(F)c1)C1CC1)=N/O. The van der Waals surface area contributed by atoms with E-state index in [2.05, 4.69) is 5.16 Å². The Morgan fingerprint density at radius 2 is 2.25 bits per heavy atom. The molecule has 0 saturated heterocycles. The van der Waals surface area contributed by atoms with Gasteiger partial charge in [-0.15, -0.1) is 0 Å². The Morgan fingerprint density at radius 3 is 2.80 bits per heavy atom. The highest BCUT2D eigenvalue weighted by Crippen LogP contribution is 2.29. The molecule has 0 radical (unpaired) electrons. The van der Waals surface area contributed by atoms with Gasteiger partial charge in [0.25, 0.3) is 5.91 Å². The standard InChI is InChI=1S/C13H15ClFN3O2/c14-10-4-1-8(7-11(10)15)13(19)18(9-2-3-9)6-5-12(16)17-20/h1,4,7,9,20H,2-3,5-6H2,(H2,16,17). The van der Waals surface area contributed by atoms with Gasteiger partial charge in [-0.3, -0.25) is 4.79 Å². The van der Waals surface area contributed by atoms with Gasteiger partial charge >= 0.3 is 0 Å². The van der Waals surface area contributed by atoms with E-state index < -0.39 is 5.82 Å². The van der Waals surface area contributed by atoms with Crippen LogP contribution in [0.15, 0.2) is 23.4 Å². The van der Waals surface area contributed by atoms with Crippen LogP contribution >= 0.6 is 11.6 Å². The van der Waals surface area contributed by atoms with Crippen LogP contribution in [0.3, 0.4) is 0 Å². The molecule has 0 atom stereocenters. The first kappa shape index (κ1) is 14.6. The van der Waals surface area contributed by atoms with Gasteiger partial charge < -0.3 is 15.8 Å². The van der Waals surface area contributed by atoms with Crippen molar-refractivity contribution in [3.63, 3.8) is 0 Å². The number of amides is 1. The Balaban J connectivity index is 2.12. The van der Waals surface area contributed by atoms with Crippen LogP contribution in [-0.4, -0.2) is 34.4 Å². The summed E-state index contributed by atoms with van der Waals surface area (Å²) in [6, 6.07) is 4.13. The summed E-state index contributed by atoms with van der Waals surface area (Å²) in [6.07, 6.45) is 2.10. The van der Waals surface area contributed by atoms with Gasteiger partial charge in [-0.05, 0) is 31.0 Å². The van der Waals surface area contributed by atoms with Crippen LogP contribution in [0.2, 0.25) is 5.02 Å². The maximum atomic E-state index is 13.4. The van der Waals surface area contributed by atoms with Crippen molar-refractivity contribution in [1.29, 1.82) is 0 Å². The first-order chi connectivity index (χ1) is 9.52. The van der Waals surface area contributed by atoms with Crippen LogP contribution in [0.25, 0.3) is 0 Å². The summed E-state index contributed by atoms with van der Waals surface area (Å²) in [7, 11) is 0. The predicted molar refractivity (Wildman–Crippen MR) is 73.5 cm³/mol. The highest BCUT2D eigenvalue weighted by Gasteiger charge is 2.33.